The lowest BCUT2D eigenvalue weighted by Gasteiger charge is -2.31. The van der Waals surface area contributed by atoms with Crippen molar-refractivity contribution in [2.45, 2.75) is 83.0 Å². The highest BCUT2D eigenvalue weighted by atomic mass is 28.2. The first-order valence-electron chi connectivity index (χ1n) is 8.60. The zero-order chi connectivity index (χ0) is 16.4. The summed E-state index contributed by atoms with van der Waals surface area (Å²) in [6.45, 7) is 11.1. The fourth-order valence-corrected chi connectivity index (χ4v) is 4.01. The largest absolute Gasteiger partial charge is 0.415 e. The van der Waals surface area contributed by atoms with Gasteiger partial charge in [-0.05, 0) is 61.6 Å². The Kier molecular flexibility index (Phi) is 5.52. The van der Waals surface area contributed by atoms with E-state index in [2.05, 4.69) is 58.9 Å². The Morgan fingerprint density at radius 1 is 0.955 bits per heavy atom. The summed E-state index contributed by atoms with van der Waals surface area (Å²) in [7, 11) is -0.561. The van der Waals surface area contributed by atoms with Crippen molar-refractivity contribution in [2.24, 2.45) is 0 Å². The monoisotopic (exact) mass is 320 g/mol. The summed E-state index contributed by atoms with van der Waals surface area (Å²) < 4.78 is 6.29. The Hall–Kier alpha value is -0.643. The summed E-state index contributed by atoms with van der Waals surface area (Å²) in [6.07, 6.45) is 4.02. The molecule has 0 aromatic heterocycles. The van der Waals surface area contributed by atoms with Crippen LogP contribution in [-0.4, -0.2) is 21.0 Å². The minimum atomic E-state index is -0.561. The van der Waals surface area contributed by atoms with E-state index < -0.39 is 9.76 Å². The minimum Gasteiger partial charge on any atom is -0.415 e. The molecular formula is C19H32O2Si. The van der Waals surface area contributed by atoms with Gasteiger partial charge in [0, 0.05) is 0 Å². The van der Waals surface area contributed by atoms with Crippen molar-refractivity contribution in [3.05, 3.63) is 35.4 Å². The number of rotatable bonds is 4. The zero-order valence-corrected chi connectivity index (χ0v) is 16.3. The summed E-state index contributed by atoms with van der Waals surface area (Å²) in [5.41, 5.74) is 2.49. The van der Waals surface area contributed by atoms with Crippen molar-refractivity contribution in [2.75, 3.05) is 0 Å². The molecule has 1 aliphatic rings. The van der Waals surface area contributed by atoms with Crippen LogP contribution >= 0.6 is 0 Å². The molecule has 0 atom stereocenters. The second kappa shape index (κ2) is 6.86. The van der Waals surface area contributed by atoms with E-state index in [-0.39, 0.29) is 11.7 Å². The van der Waals surface area contributed by atoms with Crippen LogP contribution in [-0.2, 0) is 10.0 Å². The lowest BCUT2D eigenvalue weighted by molar-refractivity contribution is 0.109. The Labute approximate surface area is 138 Å². The normalized spacial score (nSPS) is 24.1. The van der Waals surface area contributed by atoms with Crippen molar-refractivity contribution < 1.29 is 9.53 Å². The van der Waals surface area contributed by atoms with Gasteiger partial charge in [-0.3, -0.25) is 0 Å². The molecule has 0 bridgehead atoms. The lowest BCUT2D eigenvalue weighted by atomic mass is 9.82. The van der Waals surface area contributed by atoms with Crippen LogP contribution in [0.1, 0.15) is 77.3 Å². The zero-order valence-electron chi connectivity index (χ0n) is 14.9. The third-order valence-electron chi connectivity index (χ3n) is 4.64. The molecule has 0 saturated heterocycles. The van der Waals surface area contributed by atoms with Crippen molar-refractivity contribution in [3.8, 4) is 0 Å². The molecule has 1 fully saturated rings. The number of benzene rings is 1. The Bertz CT molecular complexity index is 465. The molecule has 2 nitrogen and oxygen atoms in total. The summed E-state index contributed by atoms with van der Waals surface area (Å²) in [5.74, 6) is 0.616. The molecule has 1 aliphatic carbocycles. The molecule has 3 heteroatoms. The first-order chi connectivity index (χ1) is 10.2. The van der Waals surface area contributed by atoms with E-state index in [1.165, 1.54) is 11.1 Å². The van der Waals surface area contributed by atoms with Gasteiger partial charge in [-0.1, -0.05) is 45.0 Å². The van der Waals surface area contributed by atoms with Crippen molar-refractivity contribution in [1.82, 2.24) is 0 Å². The number of aliphatic hydroxyl groups excluding tert-OH is 1. The highest BCUT2D eigenvalue weighted by Crippen LogP contribution is 2.35. The predicted octanol–water partition coefficient (Wildman–Crippen LogP) is 4.26. The molecule has 0 unspecified atom stereocenters. The van der Waals surface area contributed by atoms with E-state index >= 15 is 0 Å². The van der Waals surface area contributed by atoms with Gasteiger partial charge in [0.15, 0.2) is 9.76 Å². The van der Waals surface area contributed by atoms with Gasteiger partial charge in [0.1, 0.15) is 0 Å². The molecule has 2 rings (SSSR count). The predicted molar refractivity (Wildman–Crippen MR) is 96.0 cm³/mol. The molecule has 1 aromatic carbocycles. The maximum absolute atomic E-state index is 9.64. The highest BCUT2D eigenvalue weighted by Gasteiger charge is 2.25. The number of aliphatic hydroxyl groups is 1. The Morgan fingerprint density at radius 3 is 2.00 bits per heavy atom. The minimum absolute atomic E-state index is 0.0785. The Balaban J connectivity index is 2.01. The second-order valence-electron chi connectivity index (χ2n) is 8.49. The van der Waals surface area contributed by atoms with E-state index in [1.807, 2.05) is 0 Å². The third kappa shape index (κ3) is 4.93. The second-order valence-corrected chi connectivity index (χ2v) is 11.2. The summed E-state index contributed by atoms with van der Waals surface area (Å²) >= 11 is 0. The Morgan fingerprint density at radius 2 is 1.50 bits per heavy atom. The number of hydrogen-bond donors (Lipinski definition) is 1. The van der Waals surface area contributed by atoms with Gasteiger partial charge in [-0.25, -0.2) is 0 Å². The van der Waals surface area contributed by atoms with Gasteiger partial charge < -0.3 is 9.53 Å². The van der Waals surface area contributed by atoms with Crippen LogP contribution in [0.4, 0.5) is 0 Å². The highest BCUT2D eigenvalue weighted by molar-refractivity contribution is 6.31. The fraction of sp³-hybridized carbons (Fsp3) is 0.684. The molecule has 1 N–H and O–H groups in total. The van der Waals surface area contributed by atoms with Crippen LogP contribution in [0.2, 0.25) is 5.04 Å². The molecule has 124 valence electrons. The van der Waals surface area contributed by atoms with Gasteiger partial charge >= 0.3 is 0 Å². The maximum Gasteiger partial charge on any atom is 0.168 e. The molecule has 0 radical (unpaired) electrons. The van der Waals surface area contributed by atoms with Crippen molar-refractivity contribution >= 4 is 9.76 Å². The van der Waals surface area contributed by atoms with E-state index in [1.54, 1.807) is 0 Å². The van der Waals surface area contributed by atoms with Crippen LogP contribution in [0.15, 0.2) is 24.3 Å². The van der Waals surface area contributed by atoms with E-state index in [4.69, 9.17) is 4.43 Å². The molecule has 0 aliphatic heterocycles. The first-order valence-corrected chi connectivity index (χ1v) is 9.88. The van der Waals surface area contributed by atoms with Crippen molar-refractivity contribution in [3.63, 3.8) is 0 Å². The SMILES string of the molecule is CC(C)(C)[SiH2]OC(C)(C)c1ccc(C2CCC(O)CC2)cc1. The van der Waals surface area contributed by atoms with Gasteiger partial charge in [0.05, 0.1) is 11.7 Å². The van der Waals surface area contributed by atoms with E-state index in [0.29, 0.717) is 11.0 Å². The molecule has 1 saturated carbocycles. The molecular weight excluding hydrogens is 288 g/mol. The molecule has 0 heterocycles. The summed E-state index contributed by atoms with van der Waals surface area (Å²) in [6, 6.07) is 9.00. The molecule has 1 aromatic rings. The quantitative estimate of drug-likeness (QED) is 0.840. The standard InChI is InChI=1S/C19H32O2Si/c1-18(2,3)22-21-19(4,5)16-10-6-14(7-11-16)15-8-12-17(20)13-9-15/h6-7,10-11,15,17,20H,8-9,12-13,22H2,1-5H3. The van der Waals surface area contributed by atoms with Gasteiger partial charge in [-0.2, -0.15) is 0 Å². The van der Waals surface area contributed by atoms with Crippen LogP contribution in [0.3, 0.4) is 0 Å². The van der Waals surface area contributed by atoms with Crippen molar-refractivity contribution in [1.29, 1.82) is 0 Å². The van der Waals surface area contributed by atoms with Gasteiger partial charge in [0.25, 0.3) is 0 Å². The maximum atomic E-state index is 9.64. The first kappa shape index (κ1) is 17.7. The third-order valence-corrected chi connectivity index (χ3v) is 6.37. The number of hydrogen-bond acceptors (Lipinski definition) is 2. The van der Waals surface area contributed by atoms with E-state index in [0.717, 1.165) is 25.7 Å². The fourth-order valence-electron chi connectivity index (χ4n) is 3.05. The van der Waals surface area contributed by atoms with E-state index in [9.17, 15) is 5.11 Å². The topological polar surface area (TPSA) is 29.5 Å². The average Bonchev–Trinajstić information content (AvgIpc) is 2.46. The molecule has 22 heavy (non-hydrogen) atoms. The smallest absolute Gasteiger partial charge is 0.168 e. The molecule has 0 amide bonds. The summed E-state index contributed by atoms with van der Waals surface area (Å²) in [5, 5.41) is 9.96. The van der Waals surface area contributed by atoms with Gasteiger partial charge in [-0.15, -0.1) is 0 Å². The van der Waals surface area contributed by atoms with Gasteiger partial charge in [0.2, 0.25) is 0 Å². The lowest BCUT2D eigenvalue weighted by Crippen LogP contribution is -2.27. The average molecular weight is 321 g/mol. The van der Waals surface area contributed by atoms with Crippen LogP contribution in [0, 0.1) is 0 Å². The van der Waals surface area contributed by atoms with Crippen LogP contribution < -0.4 is 0 Å². The molecule has 0 spiro atoms. The summed E-state index contributed by atoms with van der Waals surface area (Å²) in [4.78, 5) is 0. The van der Waals surface area contributed by atoms with Crippen LogP contribution in [0.25, 0.3) is 0 Å². The van der Waals surface area contributed by atoms with Crippen LogP contribution in [0.5, 0.6) is 0 Å².